The molecule has 48 valence electrons. The minimum Gasteiger partial charge on any atom is -0.377 e. The van der Waals surface area contributed by atoms with Gasteiger partial charge >= 0.3 is 0 Å². The number of aliphatic hydroxyl groups is 1. The molecule has 0 unspecified atom stereocenters. The Bertz CT molecular complexity index is 78.6. The second-order valence-corrected chi connectivity index (χ2v) is 1.50. The fraction of sp³-hybridized carbons (Fsp3) is 0.667. The van der Waals surface area contributed by atoms with E-state index in [1.54, 1.807) is 0 Å². The molecule has 2 nitrogen and oxygen atoms in total. The molecule has 0 radical (unpaired) electrons. The molecular formula is C6H13NO. The monoisotopic (exact) mass is 115 g/mol. The Morgan fingerprint density at radius 3 is 2.50 bits per heavy atom. The summed E-state index contributed by atoms with van der Waals surface area (Å²) in [6, 6.07) is 0. The van der Waals surface area contributed by atoms with Gasteiger partial charge in [0.2, 0.25) is 0 Å². The molecule has 0 saturated carbocycles. The number of aliphatic hydroxyl groups excluding tert-OH is 1. The van der Waals surface area contributed by atoms with Crippen molar-refractivity contribution in [2.24, 2.45) is 0 Å². The van der Waals surface area contributed by atoms with Gasteiger partial charge < -0.3 is 10.4 Å². The van der Waals surface area contributed by atoms with Crippen molar-refractivity contribution in [3.8, 4) is 0 Å². The third-order valence-electron chi connectivity index (χ3n) is 1.04. The van der Waals surface area contributed by atoms with E-state index in [2.05, 4.69) is 5.32 Å². The van der Waals surface area contributed by atoms with Crippen molar-refractivity contribution >= 4 is 0 Å². The molecule has 0 fully saturated rings. The normalized spacial score (nSPS) is 11.6. The molecule has 0 saturated heterocycles. The number of nitrogens with one attached hydrogen (secondary N) is 1. The van der Waals surface area contributed by atoms with Crippen molar-refractivity contribution in [1.29, 1.82) is 0 Å². The third-order valence-corrected chi connectivity index (χ3v) is 1.04. The van der Waals surface area contributed by atoms with Gasteiger partial charge in [-0.2, -0.15) is 0 Å². The van der Waals surface area contributed by atoms with Gasteiger partial charge in [-0.25, -0.2) is 0 Å². The molecule has 2 N–H and O–H groups in total. The SMILES string of the molecule is CC=C(CC)NCO. The average Bonchev–Trinajstić information content (AvgIpc) is 1.83. The summed E-state index contributed by atoms with van der Waals surface area (Å²) in [4.78, 5) is 0. The van der Waals surface area contributed by atoms with E-state index >= 15 is 0 Å². The summed E-state index contributed by atoms with van der Waals surface area (Å²) in [5, 5.41) is 11.1. The van der Waals surface area contributed by atoms with E-state index in [9.17, 15) is 0 Å². The van der Waals surface area contributed by atoms with Crippen LogP contribution in [0.25, 0.3) is 0 Å². The summed E-state index contributed by atoms with van der Waals surface area (Å²) in [5.74, 6) is 0. The maximum atomic E-state index is 8.35. The van der Waals surface area contributed by atoms with Crippen LogP contribution in [0.2, 0.25) is 0 Å². The first-order valence-corrected chi connectivity index (χ1v) is 2.85. The van der Waals surface area contributed by atoms with Gasteiger partial charge in [-0.15, -0.1) is 0 Å². The molecule has 0 aromatic rings. The van der Waals surface area contributed by atoms with E-state index in [0.29, 0.717) is 0 Å². The lowest BCUT2D eigenvalue weighted by Crippen LogP contribution is -2.12. The summed E-state index contributed by atoms with van der Waals surface area (Å²) in [7, 11) is 0. The van der Waals surface area contributed by atoms with Crippen LogP contribution in [0.4, 0.5) is 0 Å². The van der Waals surface area contributed by atoms with Crippen molar-refractivity contribution in [3.05, 3.63) is 11.8 Å². The second kappa shape index (κ2) is 4.65. The largest absolute Gasteiger partial charge is 0.377 e. The smallest absolute Gasteiger partial charge is 0.113 e. The van der Waals surface area contributed by atoms with Crippen LogP contribution in [-0.4, -0.2) is 11.8 Å². The zero-order valence-electron chi connectivity index (χ0n) is 5.44. The minimum absolute atomic E-state index is 0.0352. The van der Waals surface area contributed by atoms with Crippen molar-refractivity contribution in [3.63, 3.8) is 0 Å². The zero-order valence-corrected chi connectivity index (χ0v) is 5.44. The van der Waals surface area contributed by atoms with Crippen LogP contribution in [0.1, 0.15) is 20.3 Å². The zero-order chi connectivity index (χ0) is 6.41. The molecule has 0 rings (SSSR count). The van der Waals surface area contributed by atoms with Gasteiger partial charge in [0.05, 0.1) is 0 Å². The average molecular weight is 115 g/mol. The summed E-state index contributed by atoms with van der Waals surface area (Å²) in [6.45, 7) is 4.02. The van der Waals surface area contributed by atoms with Crippen LogP contribution < -0.4 is 5.32 Å². The van der Waals surface area contributed by atoms with Gasteiger partial charge in [0.1, 0.15) is 6.73 Å². The number of hydrogen-bond acceptors (Lipinski definition) is 2. The predicted molar refractivity (Wildman–Crippen MR) is 34.3 cm³/mol. The van der Waals surface area contributed by atoms with E-state index in [0.717, 1.165) is 12.1 Å². The van der Waals surface area contributed by atoms with Gasteiger partial charge in [0, 0.05) is 5.70 Å². The molecule has 0 amide bonds. The van der Waals surface area contributed by atoms with Crippen molar-refractivity contribution in [2.75, 3.05) is 6.73 Å². The number of hydrogen-bond donors (Lipinski definition) is 2. The Balaban J connectivity index is 3.38. The van der Waals surface area contributed by atoms with E-state index in [-0.39, 0.29) is 6.73 Å². The highest BCUT2D eigenvalue weighted by Crippen LogP contribution is 1.91. The van der Waals surface area contributed by atoms with E-state index < -0.39 is 0 Å². The highest BCUT2D eigenvalue weighted by molar-refractivity contribution is 4.94. The lowest BCUT2D eigenvalue weighted by atomic mass is 10.3. The minimum atomic E-state index is 0.0352. The lowest BCUT2D eigenvalue weighted by Gasteiger charge is -2.02. The lowest BCUT2D eigenvalue weighted by molar-refractivity contribution is 0.273. The Morgan fingerprint density at radius 2 is 2.38 bits per heavy atom. The van der Waals surface area contributed by atoms with Crippen molar-refractivity contribution < 1.29 is 5.11 Å². The molecule has 2 heteroatoms. The van der Waals surface area contributed by atoms with Gasteiger partial charge in [0.25, 0.3) is 0 Å². The number of rotatable bonds is 3. The molecule has 0 bridgehead atoms. The predicted octanol–water partition coefficient (Wildman–Crippen LogP) is 0.840. The Labute approximate surface area is 50.2 Å². The molecular weight excluding hydrogens is 102 g/mol. The first kappa shape index (κ1) is 7.50. The van der Waals surface area contributed by atoms with Crippen LogP contribution in [0, 0.1) is 0 Å². The molecule has 0 aliphatic rings. The molecule has 0 atom stereocenters. The second-order valence-electron chi connectivity index (χ2n) is 1.50. The molecule has 0 heterocycles. The van der Waals surface area contributed by atoms with E-state index in [1.165, 1.54) is 0 Å². The Hall–Kier alpha value is -0.500. The molecule has 0 aromatic carbocycles. The fourth-order valence-electron chi connectivity index (χ4n) is 0.533. The first-order valence-electron chi connectivity index (χ1n) is 2.85. The Kier molecular flexibility index (Phi) is 4.36. The molecule has 0 aliphatic carbocycles. The fourth-order valence-corrected chi connectivity index (χ4v) is 0.533. The first-order chi connectivity index (χ1) is 3.85. The van der Waals surface area contributed by atoms with Crippen molar-refractivity contribution in [1.82, 2.24) is 5.32 Å². The van der Waals surface area contributed by atoms with Gasteiger partial charge in [-0.05, 0) is 13.3 Å². The van der Waals surface area contributed by atoms with Crippen molar-refractivity contribution in [2.45, 2.75) is 20.3 Å². The summed E-state index contributed by atoms with van der Waals surface area (Å²) in [6.07, 6.45) is 2.91. The Morgan fingerprint density at radius 1 is 1.75 bits per heavy atom. The van der Waals surface area contributed by atoms with Gasteiger partial charge in [-0.1, -0.05) is 13.0 Å². The standard InChI is InChI=1S/C6H13NO/c1-3-6(4-2)7-5-8/h3,7-8H,4-5H2,1-2H3. The third kappa shape index (κ3) is 2.64. The van der Waals surface area contributed by atoms with Crippen LogP contribution in [0.3, 0.4) is 0 Å². The summed E-state index contributed by atoms with van der Waals surface area (Å²) in [5.41, 5.74) is 1.09. The highest BCUT2D eigenvalue weighted by atomic mass is 16.3. The van der Waals surface area contributed by atoms with Gasteiger partial charge in [-0.3, -0.25) is 0 Å². The van der Waals surface area contributed by atoms with E-state index in [1.807, 2.05) is 19.9 Å². The maximum Gasteiger partial charge on any atom is 0.113 e. The molecule has 0 aromatic heterocycles. The topological polar surface area (TPSA) is 32.3 Å². The molecule has 0 aliphatic heterocycles. The van der Waals surface area contributed by atoms with E-state index in [4.69, 9.17) is 5.11 Å². The maximum absolute atomic E-state index is 8.35. The van der Waals surface area contributed by atoms with Crippen LogP contribution in [-0.2, 0) is 0 Å². The summed E-state index contributed by atoms with van der Waals surface area (Å²) < 4.78 is 0. The molecule has 8 heavy (non-hydrogen) atoms. The quantitative estimate of drug-likeness (QED) is 0.534. The van der Waals surface area contributed by atoms with Crippen LogP contribution >= 0.6 is 0 Å². The van der Waals surface area contributed by atoms with Gasteiger partial charge in [0.15, 0.2) is 0 Å². The van der Waals surface area contributed by atoms with Crippen LogP contribution in [0.5, 0.6) is 0 Å². The summed E-state index contributed by atoms with van der Waals surface area (Å²) >= 11 is 0. The number of allylic oxidation sites excluding steroid dienone is 2. The van der Waals surface area contributed by atoms with Crippen LogP contribution in [0.15, 0.2) is 11.8 Å². The highest BCUT2D eigenvalue weighted by Gasteiger charge is 1.84. The molecule has 0 spiro atoms.